The highest BCUT2D eigenvalue weighted by molar-refractivity contribution is 5.93. The first-order valence-corrected chi connectivity index (χ1v) is 6.47. The van der Waals surface area contributed by atoms with Crippen molar-refractivity contribution in [3.05, 3.63) is 66.7 Å². The molecule has 0 unspecified atom stereocenters. The van der Waals surface area contributed by atoms with Crippen molar-refractivity contribution >= 4 is 5.97 Å². The van der Waals surface area contributed by atoms with E-state index in [4.69, 9.17) is 4.42 Å². The summed E-state index contributed by atoms with van der Waals surface area (Å²) in [6.07, 6.45) is 1.24. The van der Waals surface area contributed by atoms with Crippen molar-refractivity contribution in [3.8, 4) is 22.5 Å². The topological polar surface area (TPSA) is 52.3 Å². The van der Waals surface area contributed by atoms with E-state index in [1.54, 1.807) is 0 Å². The fraction of sp³-hybridized carbons (Fsp3) is 0.0588. The monoisotopic (exact) mass is 279 g/mol. The highest BCUT2D eigenvalue weighted by Crippen LogP contribution is 2.27. The van der Waals surface area contributed by atoms with Crippen molar-refractivity contribution in [1.29, 1.82) is 0 Å². The number of hydrogen-bond donors (Lipinski definition) is 0. The molecule has 0 amide bonds. The minimum atomic E-state index is -0.508. The van der Waals surface area contributed by atoms with Crippen LogP contribution in [0.3, 0.4) is 0 Å². The van der Waals surface area contributed by atoms with E-state index >= 15 is 0 Å². The lowest BCUT2D eigenvalue weighted by atomic mass is 10.0. The number of ether oxygens (including phenoxy) is 1. The molecule has 2 aromatic carbocycles. The zero-order chi connectivity index (χ0) is 14.7. The molecule has 4 heteroatoms. The molecule has 3 rings (SSSR count). The molecule has 0 aliphatic rings. The van der Waals surface area contributed by atoms with Gasteiger partial charge < -0.3 is 9.15 Å². The molecule has 3 aromatic rings. The maximum Gasteiger partial charge on any atom is 0.360 e. The molecule has 0 spiro atoms. The van der Waals surface area contributed by atoms with Crippen LogP contribution in [0.5, 0.6) is 0 Å². The van der Waals surface area contributed by atoms with Gasteiger partial charge in [-0.3, -0.25) is 0 Å². The van der Waals surface area contributed by atoms with Gasteiger partial charge in [-0.15, -0.1) is 0 Å². The van der Waals surface area contributed by atoms with Crippen molar-refractivity contribution < 1.29 is 13.9 Å². The van der Waals surface area contributed by atoms with Crippen LogP contribution in [0.1, 0.15) is 10.5 Å². The maximum absolute atomic E-state index is 11.6. The van der Waals surface area contributed by atoms with Gasteiger partial charge in [-0.2, -0.15) is 0 Å². The number of esters is 1. The van der Waals surface area contributed by atoms with Crippen LogP contribution in [-0.2, 0) is 4.74 Å². The molecule has 4 nitrogen and oxygen atoms in total. The van der Waals surface area contributed by atoms with Crippen LogP contribution >= 0.6 is 0 Å². The van der Waals surface area contributed by atoms with E-state index in [2.05, 4.69) is 9.72 Å². The quantitative estimate of drug-likeness (QED) is 0.684. The zero-order valence-electron chi connectivity index (χ0n) is 11.4. The third-order valence-corrected chi connectivity index (χ3v) is 3.20. The largest absolute Gasteiger partial charge is 0.464 e. The molecule has 0 fully saturated rings. The SMILES string of the molecule is COC(=O)c1ncoc1-c1ccc(-c2ccccc2)cc1. The molecule has 0 saturated heterocycles. The van der Waals surface area contributed by atoms with Crippen molar-refractivity contribution in [2.75, 3.05) is 7.11 Å². The number of methoxy groups -OCH3 is 1. The van der Waals surface area contributed by atoms with Gasteiger partial charge in [-0.1, -0.05) is 54.6 Å². The van der Waals surface area contributed by atoms with Crippen LogP contribution in [0.2, 0.25) is 0 Å². The first kappa shape index (κ1) is 13.1. The molecule has 0 radical (unpaired) electrons. The molecule has 1 aromatic heterocycles. The third-order valence-electron chi connectivity index (χ3n) is 3.20. The van der Waals surface area contributed by atoms with E-state index in [0.717, 1.165) is 16.7 Å². The van der Waals surface area contributed by atoms with Crippen LogP contribution in [0.25, 0.3) is 22.5 Å². The molecule has 1 heterocycles. The second kappa shape index (κ2) is 5.63. The molecule has 21 heavy (non-hydrogen) atoms. The lowest BCUT2D eigenvalue weighted by molar-refractivity contribution is 0.0595. The summed E-state index contributed by atoms with van der Waals surface area (Å²) in [6.45, 7) is 0. The van der Waals surface area contributed by atoms with Gasteiger partial charge in [0, 0.05) is 5.56 Å². The lowest BCUT2D eigenvalue weighted by Crippen LogP contribution is -2.03. The van der Waals surface area contributed by atoms with E-state index in [0.29, 0.717) is 5.76 Å². The van der Waals surface area contributed by atoms with Crippen molar-refractivity contribution in [3.63, 3.8) is 0 Å². The van der Waals surface area contributed by atoms with Crippen LogP contribution in [-0.4, -0.2) is 18.1 Å². The van der Waals surface area contributed by atoms with Crippen LogP contribution in [0.15, 0.2) is 65.4 Å². The van der Waals surface area contributed by atoms with Gasteiger partial charge in [0.25, 0.3) is 0 Å². The number of oxazole rings is 1. The van der Waals surface area contributed by atoms with Crippen molar-refractivity contribution in [2.45, 2.75) is 0 Å². The summed E-state index contributed by atoms with van der Waals surface area (Å²) in [4.78, 5) is 15.5. The summed E-state index contributed by atoms with van der Waals surface area (Å²) >= 11 is 0. The molecule has 104 valence electrons. The summed E-state index contributed by atoms with van der Waals surface area (Å²) in [5.41, 5.74) is 3.20. The molecular formula is C17H13NO3. The fourth-order valence-corrected chi connectivity index (χ4v) is 2.14. The minimum Gasteiger partial charge on any atom is -0.464 e. The van der Waals surface area contributed by atoms with E-state index < -0.39 is 5.97 Å². The summed E-state index contributed by atoms with van der Waals surface area (Å²) in [7, 11) is 1.32. The number of carbonyl (C=O) groups excluding carboxylic acids is 1. The first-order chi connectivity index (χ1) is 10.3. The molecule has 0 aliphatic carbocycles. The van der Waals surface area contributed by atoms with Gasteiger partial charge >= 0.3 is 5.97 Å². The Morgan fingerprint density at radius 1 is 0.952 bits per heavy atom. The average molecular weight is 279 g/mol. The number of hydrogen-bond acceptors (Lipinski definition) is 4. The second-order valence-electron chi connectivity index (χ2n) is 4.47. The maximum atomic E-state index is 11.6. The average Bonchev–Trinajstić information content (AvgIpc) is 3.05. The highest BCUT2D eigenvalue weighted by atomic mass is 16.5. The Hall–Kier alpha value is -2.88. The summed E-state index contributed by atoms with van der Waals surface area (Å²) in [5.74, 6) is -0.0904. The van der Waals surface area contributed by atoms with E-state index in [1.165, 1.54) is 13.5 Å². The van der Waals surface area contributed by atoms with Crippen LogP contribution < -0.4 is 0 Å². The van der Waals surface area contributed by atoms with Gasteiger partial charge in [0.1, 0.15) is 0 Å². The lowest BCUT2D eigenvalue weighted by Gasteiger charge is -2.03. The summed E-state index contributed by atoms with van der Waals surface area (Å²) < 4.78 is 10.00. The Kier molecular flexibility index (Phi) is 3.51. The Morgan fingerprint density at radius 2 is 1.57 bits per heavy atom. The number of carbonyl (C=O) groups is 1. The van der Waals surface area contributed by atoms with Gasteiger partial charge in [0.15, 0.2) is 17.8 Å². The first-order valence-electron chi connectivity index (χ1n) is 6.47. The van der Waals surface area contributed by atoms with Gasteiger partial charge in [0.05, 0.1) is 7.11 Å². The molecule has 0 aliphatic heterocycles. The fourth-order valence-electron chi connectivity index (χ4n) is 2.14. The molecule has 0 saturated carbocycles. The van der Waals surface area contributed by atoms with E-state index in [-0.39, 0.29) is 5.69 Å². The van der Waals surface area contributed by atoms with Gasteiger partial charge in [-0.05, 0) is 11.1 Å². The molecule has 0 bridgehead atoms. The zero-order valence-corrected chi connectivity index (χ0v) is 11.4. The second-order valence-corrected chi connectivity index (χ2v) is 4.47. The smallest absolute Gasteiger partial charge is 0.360 e. The Bertz CT molecular complexity index is 745. The number of nitrogens with zero attached hydrogens (tertiary/aromatic N) is 1. The predicted octanol–water partition coefficient (Wildman–Crippen LogP) is 3.80. The van der Waals surface area contributed by atoms with Crippen molar-refractivity contribution in [1.82, 2.24) is 4.98 Å². The van der Waals surface area contributed by atoms with Crippen LogP contribution in [0, 0.1) is 0 Å². The number of aromatic nitrogens is 1. The number of benzene rings is 2. The Balaban J connectivity index is 1.95. The van der Waals surface area contributed by atoms with Crippen LogP contribution in [0.4, 0.5) is 0 Å². The predicted molar refractivity (Wildman–Crippen MR) is 78.7 cm³/mol. The normalized spacial score (nSPS) is 10.3. The Morgan fingerprint density at radius 3 is 2.24 bits per heavy atom. The van der Waals surface area contributed by atoms with E-state index in [1.807, 2.05) is 54.6 Å². The standard InChI is InChI=1S/C17H13NO3/c1-20-17(19)15-16(21-11-18-15)14-9-7-13(8-10-14)12-5-3-2-4-6-12/h2-11H,1H3. The summed E-state index contributed by atoms with van der Waals surface area (Å²) in [6, 6.07) is 17.8. The third kappa shape index (κ3) is 2.56. The number of rotatable bonds is 3. The Labute approximate surface area is 122 Å². The van der Waals surface area contributed by atoms with Gasteiger partial charge in [-0.25, -0.2) is 9.78 Å². The summed E-state index contributed by atoms with van der Waals surface area (Å²) in [5, 5.41) is 0. The highest BCUT2D eigenvalue weighted by Gasteiger charge is 2.18. The van der Waals surface area contributed by atoms with E-state index in [9.17, 15) is 4.79 Å². The minimum absolute atomic E-state index is 0.185. The molecule has 0 atom stereocenters. The molecular weight excluding hydrogens is 266 g/mol. The van der Waals surface area contributed by atoms with Crippen molar-refractivity contribution in [2.24, 2.45) is 0 Å². The van der Waals surface area contributed by atoms with Gasteiger partial charge in [0.2, 0.25) is 0 Å². The molecule has 0 N–H and O–H groups in total.